The lowest BCUT2D eigenvalue weighted by Gasteiger charge is -2.29. The van der Waals surface area contributed by atoms with Crippen LogP contribution >= 0.6 is 24.0 Å². The first kappa shape index (κ1) is 19.6. The second kappa shape index (κ2) is 8.42. The summed E-state index contributed by atoms with van der Waals surface area (Å²) in [5.41, 5.74) is -0.447. The van der Waals surface area contributed by atoms with E-state index in [1.807, 2.05) is 0 Å². The van der Waals surface area contributed by atoms with Crippen molar-refractivity contribution in [3.63, 3.8) is 0 Å². The number of carbonyl (C=O) groups is 2. The molecule has 23 heavy (non-hydrogen) atoms. The standard InChI is InChI=1S/C14H16ClF2N3O2.ClH/c1-19(8-13(21)20-4-2-18-3-5-20)14(22)9-6-12(17)10(15)7-11(9)16;/h6-7,18H,2-5,8H2,1H3;1H. The molecule has 2 amide bonds. The molecule has 1 aromatic rings. The van der Waals surface area contributed by atoms with Gasteiger partial charge < -0.3 is 15.1 Å². The van der Waals surface area contributed by atoms with Crippen molar-refractivity contribution in [1.82, 2.24) is 15.1 Å². The zero-order chi connectivity index (χ0) is 16.3. The number of carbonyl (C=O) groups excluding carboxylic acids is 2. The summed E-state index contributed by atoms with van der Waals surface area (Å²) in [6, 6.07) is 1.49. The lowest BCUT2D eigenvalue weighted by molar-refractivity contribution is -0.132. The number of benzene rings is 1. The van der Waals surface area contributed by atoms with Crippen LogP contribution in [0.15, 0.2) is 12.1 Å². The molecule has 0 radical (unpaired) electrons. The van der Waals surface area contributed by atoms with Gasteiger partial charge in [0.15, 0.2) is 0 Å². The molecule has 0 aromatic heterocycles. The lowest BCUT2D eigenvalue weighted by Crippen LogP contribution is -2.49. The van der Waals surface area contributed by atoms with E-state index in [0.717, 1.165) is 17.0 Å². The minimum absolute atomic E-state index is 0. The topological polar surface area (TPSA) is 52.7 Å². The highest BCUT2D eigenvalue weighted by atomic mass is 35.5. The molecule has 0 bridgehead atoms. The Morgan fingerprint density at radius 3 is 2.48 bits per heavy atom. The molecule has 1 N–H and O–H groups in total. The van der Waals surface area contributed by atoms with Gasteiger partial charge in [0.1, 0.15) is 11.6 Å². The van der Waals surface area contributed by atoms with Crippen LogP contribution in [0.1, 0.15) is 10.4 Å². The fraction of sp³-hybridized carbons (Fsp3) is 0.429. The minimum atomic E-state index is -0.919. The highest BCUT2D eigenvalue weighted by Crippen LogP contribution is 2.20. The maximum Gasteiger partial charge on any atom is 0.257 e. The van der Waals surface area contributed by atoms with Crippen LogP contribution in [-0.2, 0) is 4.79 Å². The maximum absolute atomic E-state index is 13.7. The molecule has 1 aliphatic rings. The van der Waals surface area contributed by atoms with Crippen LogP contribution in [-0.4, -0.2) is 61.4 Å². The van der Waals surface area contributed by atoms with E-state index in [1.54, 1.807) is 4.90 Å². The molecular weight excluding hydrogens is 351 g/mol. The Bertz CT molecular complexity index is 596. The summed E-state index contributed by atoms with van der Waals surface area (Å²) in [5, 5.41) is 2.72. The van der Waals surface area contributed by atoms with Crippen molar-refractivity contribution >= 4 is 35.8 Å². The van der Waals surface area contributed by atoms with Gasteiger partial charge in [-0.2, -0.15) is 0 Å². The van der Waals surface area contributed by atoms with Crippen molar-refractivity contribution < 1.29 is 18.4 Å². The van der Waals surface area contributed by atoms with Gasteiger partial charge in [-0.25, -0.2) is 8.78 Å². The fourth-order valence-corrected chi connectivity index (χ4v) is 2.33. The molecule has 0 spiro atoms. The molecule has 0 unspecified atom stereocenters. The van der Waals surface area contributed by atoms with Crippen molar-refractivity contribution in [3.8, 4) is 0 Å². The van der Waals surface area contributed by atoms with Crippen LogP contribution in [0.4, 0.5) is 8.78 Å². The molecule has 0 atom stereocenters. The molecule has 1 aromatic carbocycles. The number of piperazine rings is 1. The van der Waals surface area contributed by atoms with Gasteiger partial charge >= 0.3 is 0 Å². The third-order valence-electron chi connectivity index (χ3n) is 3.43. The summed E-state index contributed by atoms with van der Waals surface area (Å²) in [7, 11) is 1.37. The van der Waals surface area contributed by atoms with Gasteiger partial charge in [0.2, 0.25) is 5.91 Å². The second-order valence-corrected chi connectivity index (χ2v) is 5.45. The van der Waals surface area contributed by atoms with Crippen molar-refractivity contribution in [2.24, 2.45) is 0 Å². The number of rotatable bonds is 3. The Kier molecular flexibility index (Phi) is 7.18. The molecule has 1 aliphatic heterocycles. The van der Waals surface area contributed by atoms with E-state index in [9.17, 15) is 18.4 Å². The van der Waals surface area contributed by atoms with Crippen molar-refractivity contribution in [1.29, 1.82) is 0 Å². The number of hydrogen-bond acceptors (Lipinski definition) is 3. The predicted octanol–water partition coefficient (Wildman–Crippen LogP) is 1.54. The van der Waals surface area contributed by atoms with E-state index in [-0.39, 0.29) is 24.9 Å². The van der Waals surface area contributed by atoms with E-state index in [2.05, 4.69) is 5.32 Å². The van der Waals surface area contributed by atoms with Crippen LogP contribution in [0.25, 0.3) is 0 Å². The Hall–Kier alpha value is -1.44. The Morgan fingerprint density at radius 2 is 1.87 bits per heavy atom. The van der Waals surface area contributed by atoms with Crippen LogP contribution < -0.4 is 5.32 Å². The molecule has 2 rings (SSSR count). The molecule has 1 heterocycles. The third-order valence-corrected chi connectivity index (χ3v) is 3.72. The summed E-state index contributed by atoms with van der Waals surface area (Å²) < 4.78 is 27.1. The smallest absolute Gasteiger partial charge is 0.257 e. The van der Waals surface area contributed by atoms with Gasteiger partial charge in [-0.05, 0) is 12.1 Å². The van der Waals surface area contributed by atoms with E-state index in [1.165, 1.54) is 7.05 Å². The van der Waals surface area contributed by atoms with Crippen LogP contribution in [0.3, 0.4) is 0 Å². The molecule has 9 heteroatoms. The summed E-state index contributed by atoms with van der Waals surface area (Å²) in [6.07, 6.45) is 0. The number of likely N-dealkylation sites (N-methyl/N-ethyl adjacent to an activating group) is 1. The van der Waals surface area contributed by atoms with Gasteiger partial charge in [-0.15, -0.1) is 12.4 Å². The number of amides is 2. The monoisotopic (exact) mass is 367 g/mol. The van der Waals surface area contributed by atoms with Crippen LogP contribution in [0, 0.1) is 11.6 Å². The van der Waals surface area contributed by atoms with E-state index < -0.39 is 28.1 Å². The zero-order valence-electron chi connectivity index (χ0n) is 12.4. The molecule has 0 saturated carbocycles. The number of nitrogens with zero attached hydrogens (tertiary/aromatic N) is 2. The van der Waals surface area contributed by atoms with Gasteiger partial charge in [0.25, 0.3) is 5.91 Å². The van der Waals surface area contributed by atoms with Gasteiger partial charge in [-0.3, -0.25) is 9.59 Å². The number of hydrogen-bond donors (Lipinski definition) is 1. The summed E-state index contributed by atoms with van der Waals surface area (Å²) in [6.45, 7) is 2.32. The Labute approximate surface area is 144 Å². The molecule has 128 valence electrons. The average Bonchev–Trinajstić information content (AvgIpc) is 2.51. The molecule has 0 aliphatic carbocycles. The first-order valence-electron chi connectivity index (χ1n) is 6.78. The summed E-state index contributed by atoms with van der Waals surface area (Å²) in [5.74, 6) is -2.80. The quantitative estimate of drug-likeness (QED) is 0.824. The van der Waals surface area contributed by atoms with Gasteiger partial charge in [0.05, 0.1) is 17.1 Å². The molecule has 1 saturated heterocycles. The van der Waals surface area contributed by atoms with Crippen molar-refractivity contribution in [2.45, 2.75) is 0 Å². The fourth-order valence-electron chi connectivity index (χ4n) is 2.18. The molecule has 5 nitrogen and oxygen atoms in total. The second-order valence-electron chi connectivity index (χ2n) is 5.04. The SMILES string of the molecule is CN(CC(=O)N1CCNCC1)C(=O)c1cc(F)c(Cl)cc1F.Cl. The first-order chi connectivity index (χ1) is 10.4. The maximum atomic E-state index is 13.7. The third kappa shape index (κ3) is 4.76. The summed E-state index contributed by atoms with van der Waals surface area (Å²) in [4.78, 5) is 26.9. The molecular formula is C14H17Cl2F2N3O2. The normalized spacial score (nSPS) is 14.2. The first-order valence-corrected chi connectivity index (χ1v) is 7.16. The number of nitrogens with one attached hydrogen (secondary N) is 1. The van der Waals surface area contributed by atoms with Crippen molar-refractivity contribution in [3.05, 3.63) is 34.4 Å². The van der Waals surface area contributed by atoms with Gasteiger partial charge in [-0.1, -0.05) is 11.6 Å². The van der Waals surface area contributed by atoms with Gasteiger partial charge in [0, 0.05) is 33.2 Å². The Balaban J connectivity index is 0.00000264. The highest BCUT2D eigenvalue weighted by molar-refractivity contribution is 6.30. The number of halogens is 4. The van der Waals surface area contributed by atoms with E-state index in [0.29, 0.717) is 26.2 Å². The Morgan fingerprint density at radius 1 is 1.26 bits per heavy atom. The predicted molar refractivity (Wildman–Crippen MR) is 85.0 cm³/mol. The van der Waals surface area contributed by atoms with Crippen LogP contribution in [0.5, 0.6) is 0 Å². The van der Waals surface area contributed by atoms with E-state index >= 15 is 0 Å². The molecule has 1 fully saturated rings. The highest BCUT2D eigenvalue weighted by Gasteiger charge is 2.23. The largest absolute Gasteiger partial charge is 0.339 e. The van der Waals surface area contributed by atoms with Crippen LogP contribution in [0.2, 0.25) is 5.02 Å². The zero-order valence-corrected chi connectivity index (χ0v) is 14.0. The summed E-state index contributed by atoms with van der Waals surface area (Å²) >= 11 is 5.45. The lowest BCUT2D eigenvalue weighted by atomic mass is 10.2. The van der Waals surface area contributed by atoms with E-state index in [4.69, 9.17) is 11.6 Å². The average molecular weight is 368 g/mol. The minimum Gasteiger partial charge on any atom is -0.339 e. The van der Waals surface area contributed by atoms with Crippen molar-refractivity contribution in [2.75, 3.05) is 39.8 Å².